The van der Waals surface area contributed by atoms with Crippen molar-refractivity contribution < 1.29 is 9.21 Å². The third-order valence-electron chi connectivity index (χ3n) is 5.49. The number of nitrogens with one attached hydrogen (secondary N) is 1. The summed E-state index contributed by atoms with van der Waals surface area (Å²) in [6.45, 7) is 0. The summed E-state index contributed by atoms with van der Waals surface area (Å²) in [5.74, 6) is 0.0561. The van der Waals surface area contributed by atoms with Crippen LogP contribution in [-0.4, -0.2) is 20.7 Å². The lowest BCUT2D eigenvalue weighted by molar-refractivity contribution is 0.102. The molecule has 1 amide bonds. The summed E-state index contributed by atoms with van der Waals surface area (Å²) in [6, 6.07) is 16.5. The number of rotatable bonds is 3. The lowest BCUT2D eigenvalue weighted by Crippen LogP contribution is -2.22. The summed E-state index contributed by atoms with van der Waals surface area (Å²) < 4.78 is 8.06. The summed E-state index contributed by atoms with van der Waals surface area (Å²) >= 11 is 1.51. The number of thiazole rings is 1. The van der Waals surface area contributed by atoms with Gasteiger partial charge in [-0.2, -0.15) is 9.78 Å². The fourth-order valence-corrected chi connectivity index (χ4v) is 4.93. The first-order valence-electron chi connectivity index (χ1n) is 9.98. The monoisotopic (exact) mass is 428 g/mol. The number of carbonyl (C=O) groups excluding carboxylic acids is 1. The minimum Gasteiger partial charge on any atom is -0.422 e. The standard InChI is InChI=1S/C23H16N4O3S/c28-21(15-12-13-6-1-3-10-18(13)30-22(15)29)25-20-14-7-5-9-16(14)26-27(20)23-24-17-8-2-4-11-19(17)31-23/h1-4,6,8,10-12H,5,7,9H2,(H,25,28). The van der Waals surface area contributed by atoms with Crippen molar-refractivity contribution in [3.63, 3.8) is 0 Å². The molecule has 1 aliphatic rings. The third kappa shape index (κ3) is 2.95. The molecule has 0 atom stereocenters. The minimum absolute atomic E-state index is 0.0394. The molecule has 0 unspecified atom stereocenters. The van der Waals surface area contributed by atoms with E-state index >= 15 is 0 Å². The van der Waals surface area contributed by atoms with Crippen molar-refractivity contribution in [3.8, 4) is 5.13 Å². The molecule has 2 aromatic carbocycles. The van der Waals surface area contributed by atoms with Gasteiger partial charge < -0.3 is 9.73 Å². The topological polar surface area (TPSA) is 90.0 Å². The average Bonchev–Trinajstić information content (AvgIpc) is 3.48. The van der Waals surface area contributed by atoms with Crippen LogP contribution in [-0.2, 0) is 12.8 Å². The van der Waals surface area contributed by atoms with Gasteiger partial charge in [0.1, 0.15) is 17.0 Å². The molecule has 1 N–H and O–H groups in total. The van der Waals surface area contributed by atoms with Crippen molar-refractivity contribution in [3.05, 3.63) is 81.8 Å². The number of aromatic nitrogens is 3. The van der Waals surface area contributed by atoms with Crippen LogP contribution in [0.5, 0.6) is 0 Å². The van der Waals surface area contributed by atoms with E-state index in [1.54, 1.807) is 28.9 Å². The van der Waals surface area contributed by atoms with Gasteiger partial charge in [-0.25, -0.2) is 9.78 Å². The maximum Gasteiger partial charge on any atom is 0.349 e. The fraction of sp³-hybridized carbons (Fsp3) is 0.130. The summed E-state index contributed by atoms with van der Waals surface area (Å²) in [5.41, 5.74) is 2.58. The number of nitrogens with zero attached hydrogens (tertiary/aromatic N) is 3. The highest BCUT2D eigenvalue weighted by molar-refractivity contribution is 7.20. The first kappa shape index (κ1) is 18.0. The van der Waals surface area contributed by atoms with Gasteiger partial charge in [0, 0.05) is 10.9 Å². The van der Waals surface area contributed by atoms with Gasteiger partial charge in [-0.1, -0.05) is 41.7 Å². The van der Waals surface area contributed by atoms with Crippen LogP contribution in [0.15, 0.2) is 63.8 Å². The third-order valence-corrected chi connectivity index (χ3v) is 6.50. The molecule has 0 saturated heterocycles. The molecule has 6 rings (SSSR count). The molecule has 0 spiro atoms. The van der Waals surface area contributed by atoms with E-state index in [4.69, 9.17) is 9.52 Å². The number of aryl methyl sites for hydroxylation is 1. The number of amides is 1. The van der Waals surface area contributed by atoms with Crippen LogP contribution in [0.3, 0.4) is 0 Å². The van der Waals surface area contributed by atoms with Crippen molar-refractivity contribution in [2.45, 2.75) is 19.3 Å². The molecule has 0 aliphatic heterocycles. The van der Waals surface area contributed by atoms with Crippen LogP contribution in [0.2, 0.25) is 0 Å². The summed E-state index contributed by atoms with van der Waals surface area (Å²) in [7, 11) is 0. The second kappa shape index (κ2) is 6.88. The van der Waals surface area contributed by atoms with Crippen molar-refractivity contribution in [2.75, 3.05) is 5.32 Å². The average molecular weight is 428 g/mol. The van der Waals surface area contributed by atoms with Gasteiger partial charge in [0.2, 0.25) is 5.13 Å². The van der Waals surface area contributed by atoms with Gasteiger partial charge in [0.15, 0.2) is 0 Å². The molecule has 0 radical (unpaired) electrons. The van der Waals surface area contributed by atoms with Crippen molar-refractivity contribution >= 4 is 44.2 Å². The predicted molar refractivity (Wildman–Crippen MR) is 119 cm³/mol. The molecule has 5 aromatic rings. The van der Waals surface area contributed by atoms with Gasteiger partial charge in [0.25, 0.3) is 5.91 Å². The quantitative estimate of drug-likeness (QED) is 0.432. The van der Waals surface area contributed by atoms with E-state index in [2.05, 4.69) is 10.3 Å². The molecule has 0 bridgehead atoms. The van der Waals surface area contributed by atoms with Gasteiger partial charge in [-0.3, -0.25) is 4.79 Å². The number of benzene rings is 2. The second-order valence-corrected chi connectivity index (χ2v) is 8.45. The Labute approximate surface area is 180 Å². The van der Waals surface area contributed by atoms with Crippen LogP contribution in [0.1, 0.15) is 28.0 Å². The van der Waals surface area contributed by atoms with Crippen LogP contribution >= 0.6 is 11.3 Å². The lowest BCUT2D eigenvalue weighted by atomic mass is 10.1. The number of carbonyl (C=O) groups is 1. The highest BCUT2D eigenvalue weighted by Gasteiger charge is 2.26. The highest BCUT2D eigenvalue weighted by Crippen LogP contribution is 2.34. The number of hydrogen-bond donors (Lipinski definition) is 1. The molecular weight excluding hydrogens is 412 g/mol. The maximum atomic E-state index is 13.1. The molecule has 1 aliphatic carbocycles. The fourth-order valence-electron chi connectivity index (χ4n) is 4.00. The SMILES string of the molecule is O=C(Nc1c2c(nn1-c1nc3ccccc3s1)CCC2)c1cc2ccccc2oc1=O. The molecule has 3 aromatic heterocycles. The number of hydrogen-bond acceptors (Lipinski definition) is 6. The van der Waals surface area contributed by atoms with E-state index in [0.29, 0.717) is 21.9 Å². The van der Waals surface area contributed by atoms with Crippen LogP contribution in [0.4, 0.5) is 5.82 Å². The Morgan fingerprint density at radius 3 is 2.84 bits per heavy atom. The smallest absolute Gasteiger partial charge is 0.349 e. The van der Waals surface area contributed by atoms with E-state index in [0.717, 1.165) is 40.7 Å². The Kier molecular flexibility index (Phi) is 4.00. The first-order valence-corrected chi connectivity index (χ1v) is 10.8. The Balaban J connectivity index is 1.44. The van der Waals surface area contributed by atoms with E-state index in [1.165, 1.54) is 11.3 Å². The predicted octanol–water partition coefficient (Wildman–Crippen LogP) is 4.33. The van der Waals surface area contributed by atoms with Gasteiger partial charge >= 0.3 is 5.63 Å². The summed E-state index contributed by atoms with van der Waals surface area (Å²) in [6.07, 6.45) is 2.66. The van der Waals surface area contributed by atoms with E-state index in [1.807, 2.05) is 30.3 Å². The zero-order valence-corrected chi connectivity index (χ0v) is 17.1. The number of fused-ring (bicyclic) bond motifs is 3. The van der Waals surface area contributed by atoms with Crippen molar-refractivity contribution in [2.24, 2.45) is 0 Å². The van der Waals surface area contributed by atoms with Crippen molar-refractivity contribution in [1.29, 1.82) is 0 Å². The second-order valence-electron chi connectivity index (χ2n) is 7.44. The van der Waals surface area contributed by atoms with Crippen molar-refractivity contribution in [1.82, 2.24) is 14.8 Å². The summed E-state index contributed by atoms with van der Waals surface area (Å²) in [4.78, 5) is 30.2. The van der Waals surface area contributed by atoms with E-state index in [9.17, 15) is 9.59 Å². The largest absolute Gasteiger partial charge is 0.422 e. The maximum absolute atomic E-state index is 13.1. The summed E-state index contributed by atoms with van der Waals surface area (Å²) in [5, 5.41) is 9.02. The van der Waals surface area contributed by atoms with Gasteiger partial charge in [-0.05, 0) is 43.5 Å². The molecule has 3 heterocycles. The molecule has 7 nitrogen and oxygen atoms in total. The number of para-hydroxylation sites is 2. The highest BCUT2D eigenvalue weighted by atomic mass is 32.1. The van der Waals surface area contributed by atoms with Crippen LogP contribution in [0.25, 0.3) is 26.3 Å². The molecule has 0 saturated carbocycles. The molecule has 8 heteroatoms. The van der Waals surface area contributed by atoms with Gasteiger partial charge in [-0.15, -0.1) is 0 Å². The molecule has 152 valence electrons. The molecule has 31 heavy (non-hydrogen) atoms. The minimum atomic E-state index is -0.668. The normalized spacial score (nSPS) is 13.0. The molecule has 0 fully saturated rings. The van der Waals surface area contributed by atoms with Gasteiger partial charge in [0.05, 0.1) is 15.9 Å². The van der Waals surface area contributed by atoms with E-state index < -0.39 is 11.5 Å². The first-order chi connectivity index (χ1) is 15.2. The lowest BCUT2D eigenvalue weighted by Gasteiger charge is -2.09. The number of anilines is 1. The zero-order valence-electron chi connectivity index (χ0n) is 16.3. The Morgan fingerprint density at radius 1 is 1.10 bits per heavy atom. The van der Waals surface area contributed by atoms with Crippen LogP contribution in [0, 0.1) is 0 Å². The van der Waals surface area contributed by atoms with Crippen LogP contribution < -0.4 is 10.9 Å². The zero-order chi connectivity index (χ0) is 20.9. The Bertz CT molecular complexity index is 1510. The molecular formula is C23H16N4O3S. The Morgan fingerprint density at radius 2 is 1.94 bits per heavy atom. The Hall–Kier alpha value is -3.78. The van der Waals surface area contributed by atoms with E-state index in [-0.39, 0.29) is 5.56 Å².